The molecule has 1 aromatic heterocycles. The molecule has 2 aromatic rings. The van der Waals surface area contributed by atoms with Gasteiger partial charge in [-0.25, -0.2) is 4.68 Å². The maximum atomic E-state index is 11.9. The van der Waals surface area contributed by atoms with E-state index in [1.807, 2.05) is 45.0 Å². The third-order valence-electron chi connectivity index (χ3n) is 2.79. The smallest absolute Gasteiger partial charge is 0.267 e. The second kappa shape index (κ2) is 4.37. The van der Waals surface area contributed by atoms with Gasteiger partial charge in [-0.15, -0.1) is 0 Å². The first kappa shape index (κ1) is 12.5. The molecule has 18 heavy (non-hydrogen) atoms. The molecular formula is C14H18N2O2. The van der Waals surface area contributed by atoms with Crippen LogP contribution in [0.2, 0.25) is 0 Å². The summed E-state index contributed by atoms with van der Waals surface area (Å²) >= 11 is 0. The van der Waals surface area contributed by atoms with Crippen molar-refractivity contribution in [2.75, 3.05) is 7.11 Å². The van der Waals surface area contributed by atoms with Crippen molar-refractivity contribution in [1.82, 2.24) is 9.78 Å². The van der Waals surface area contributed by atoms with Gasteiger partial charge < -0.3 is 4.74 Å². The van der Waals surface area contributed by atoms with E-state index in [1.54, 1.807) is 17.9 Å². The van der Waals surface area contributed by atoms with Gasteiger partial charge in [-0.05, 0) is 50.6 Å². The Bertz CT molecular complexity index is 585. The van der Waals surface area contributed by atoms with E-state index >= 15 is 0 Å². The van der Waals surface area contributed by atoms with Crippen molar-refractivity contribution in [3.63, 3.8) is 0 Å². The summed E-state index contributed by atoms with van der Waals surface area (Å²) in [7, 11) is 1.63. The number of hydrogen-bond donors (Lipinski definition) is 1. The van der Waals surface area contributed by atoms with E-state index in [4.69, 9.17) is 4.74 Å². The number of H-pyrrole nitrogens is 1. The van der Waals surface area contributed by atoms with Gasteiger partial charge in [0.05, 0.1) is 18.3 Å². The van der Waals surface area contributed by atoms with Crippen molar-refractivity contribution >= 4 is 0 Å². The summed E-state index contributed by atoms with van der Waals surface area (Å²) < 4.78 is 6.74. The number of rotatable bonds is 2. The van der Waals surface area contributed by atoms with Crippen LogP contribution in [0.15, 0.2) is 35.1 Å². The van der Waals surface area contributed by atoms with E-state index in [1.165, 1.54) is 0 Å². The summed E-state index contributed by atoms with van der Waals surface area (Å²) in [5.41, 5.74) is 1.52. The molecule has 0 amide bonds. The van der Waals surface area contributed by atoms with Crippen LogP contribution in [-0.2, 0) is 5.54 Å². The molecule has 0 spiro atoms. The summed E-state index contributed by atoms with van der Waals surface area (Å²) in [6, 6.07) is 9.23. The number of nitrogens with zero attached hydrogens (tertiary/aromatic N) is 1. The van der Waals surface area contributed by atoms with Crippen LogP contribution in [0, 0.1) is 0 Å². The minimum absolute atomic E-state index is 0.0201. The molecule has 4 heteroatoms. The Morgan fingerprint density at radius 1 is 1.17 bits per heavy atom. The maximum absolute atomic E-state index is 11.9. The van der Waals surface area contributed by atoms with E-state index < -0.39 is 0 Å². The predicted octanol–water partition coefficient (Wildman–Crippen LogP) is 2.61. The topological polar surface area (TPSA) is 47.0 Å². The lowest BCUT2D eigenvalue weighted by molar-refractivity contribution is 0.346. The van der Waals surface area contributed by atoms with Gasteiger partial charge in [-0.3, -0.25) is 9.89 Å². The molecule has 0 saturated heterocycles. The zero-order valence-corrected chi connectivity index (χ0v) is 11.2. The maximum Gasteiger partial charge on any atom is 0.267 e. The highest BCUT2D eigenvalue weighted by Crippen LogP contribution is 2.20. The Labute approximate surface area is 106 Å². The highest BCUT2D eigenvalue weighted by atomic mass is 16.5. The molecule has 0 radical (unpaired) electrons. The molecule has 4 nitrogen and oxygen atoms in total. The van der Waals surface area contributed by atoms with Crippen LogP contribution in [0.4, 0.5) is 0 Å². The quantitative estimate of drug-likeness (QED) is 0.885. The molecule has 0 aliphatic carbocycles. The molecule has 0 aliphatic heterocycles. The third kappa shape index (κ3) is 2.32. The van der Waals surface area contributed by atoms with E-state index in [2.05, 4.69) is 5.10 Å². The number of hydrogen-bond acceptors (Lipinski definition) is 2. The van der Waals surface area contributed by atoms with Crippen LogP contribution in [-0.4, -0.2) is 16.9 Å². The van der Waals surface area contributed by atoms with E-state index in [0.29, 0.717) is 0 Å². The lowest BCUT2D eigenvalue weighted by Crippen LogP contribution is -2.32. The minimum atomic E-state index is -0.248. The summed E-state index contributed by atoms with van der Waals surface area (Å²) in [4.78, 5) is 11.9. The van der Waals surface area contributed by atoms with Crippen LogP contribution in [0.3, 0.4) is 0 Å². The fourth-order valence-corrected chi connectivity index (χ4v) is 1.81. The molecule has 1 N–H and O–H groups in total. The molecule has 2 rings (SSSR count). The molecule has 96 valence electrons. The van der Waals surface area contributed by atoms with Crippen LogP contribution < -0.4 is 10.3 Å². The number of aromatic nitrogens is 2. The van der Waals surface area contributed by atoms with Crippen LogP contribution >= 0.6 is 0 Å². The Kier molecular flexibility index (Phi) is 3.03. The summed E-state index contributed by atoms with van der Waals surface area (Å²) in [5.74, 6) is 0.802. The minimum Gasteiger partial charge on any atom is -0.497 e. The molecular weight excluding hydrogens is 228 g/mol. The number of methoxy groups -OCH3 is 1. The molecule has 0 aliphatic rings. The summed E-state index contributed by atoms with van der Waals surface area (Å²) in [6.45, 7) is 5.97. The van der Waals surface area contributed by atoms with Crippen molar-refractivity contribution in [3.8, 4) is 17.0 Å². The average molecular weight is 246 g/mol. The first-order valence-electron chi connectivity index (χ1n) is 5.89. The van der Waals surface area contributed by atoms with Crippen LogP contribution in [0.1, 0.15) is 20.8 Å². The predicted molar refractivity (Wildman–Crippen MR) is 72.0 cm³/mol. The van der Waals surface area contributed by atoms with Gasteiger partial charge in [0, 0.05) is 6.07 Å². The van der Waals surface area contributed by atoms with Crippen molar-refractivity contribution in [1.29, 1.82) is 0 Å². The fourth-order valence-electron chi connectivity index (χ4n) is 1.81. The first-order chi connectivity index (χ1) is 8.41. The van der Waals surface area contributed by atoms with Gasteiger partial charge in [0.2, 0.25) is 0 Å². The molecule has 0 unspecified atom stereocenters. The van der Waals surface area contributed by atoms with Gasteiger partial charge in [0.1, 0.15) is 5.75 Å². The normalized spacial score (nSPS) is 11.6. The molecule has 0 atom stereocenters. The summed E-state index contributed by atoms with van der Waals surface area (Å²) in [6.07, 6.45) is 0. The molecule has 1 aromatic carbocycles. The van der Waals surface area contributed by atoms with Gasteiger partial charge in [0.15, 0.2) is 0 Å². The van der Waals surface area contributed by atoms with Gasteiger partial charge in [-0.1, -0.05) is 0 Å². The van der Waals surface area contributed by atoms with Crippen molar-refractivity contribution < 1.29 is 4.74 Å². The van der Waals surface area contributed by atoms with E-state index in [9.17, 15) is 4.79 Å². The average Bonchev–Trinajstić information content (AvgIpc) is 2.71. The van der Waals surface area contributed by atoms with Crippen LogP contribution in [0.5, 0.6) is 5.75 Å². The molecule has 0 saturated carbocycles. The Morgan fingerprint density at radius 3 is 2.22 bits per heavy atom. The van der Waals surface area contributed by atoms with Crippen LogP contribution in [0.25, 0.3) is 11.3 Å². The van der Waals surface area contributed by atoms with Gasteiger partial charge in [0.25, 0.3) is 5.56 Å². The number of ether oxygens (including phenoxy) is 1. The van der Waals surface area contributed by atoms with Crippen molar-refractivity contribution in [3.05, 3.63) is 40.7 Å². The monoisotopic (exact) mass is 246 g/mol. The molecule has 0 bridgehead atoms. The highest BCUT2D eigenvalue weighted by Gasteiger charge is 2.17. The first-order valence-corrected chi connectivity index (χ1v) is 5.89. The Hall–Kier alpha value is -1.97. The summed E-state index contributed by atoms with van der Waals surface area (Å²) in [5, 5.41) is 3.14. The number of aromatic amines is 1. The van der Waals surface area contributed by atoms with Crippen molar-refractivity contribution in [2.24, 2.45) is 0 Å². The van der Waals surface area contributed by atoms with E-state index in [-0.39, 0.29) is 11.1 Å². The largest absolute Gasteiger partial charge is 0.497 e. The Balaban J connectivity index is 2.43. The molecule has 0 fully saturated rings. The number of benzene rings is 1. The standard InChI is InChI=1S/C14H18N2O2/c1-14(2,3)16-13(17)9-12(15-16)10-5-7-11(18-4)8-6-10/h5-9,15H,1-4H3. The van der Waals surface area contributed by atoms with E-state index in [0.717, 1.165) is 17.0 Å². The zero-order chi connectivity index (χ0) is 13.3. The number of nitrogens with one attached hydrogen (secondary N) is 1. The Morgan fingerprint density at radius 2 is 1.78 bits per heavy atom. The second-order valence-corrected chi connectivity index (χ2v) is 5.24. The van der Waals surface area contributed by atoms with Crippen molar-refractivity contribution in [2.45, 2.75) is 26.3 Å². The van der Waals surface area contributed by atoms with Gasteiger partial charge >= 0.3 is 0 Å². The molecule has 1 heterocycles. The lowest BCUT2D eigenvalue weighted by atomic mass is 10.1. The zero-order valence-electron chi connectivity index (χ0n) is 11.2. The highest BCUT2D eigenvalue weighted by molar-refractivity contribution is 5.59. The lowest BCUT2D eigenvalue weighted by Gasteiger charge is -2.19. The SMILES string of the molecule is COc1ccc(-c2cc(=O)n(C(C)(C)C)[nH]2)cc1. The van der Waals surface area contributed by atoms with Gasteiger partial charge in [-0.2, -0.15) is 0 Å². The fraction of sp³-hybridized carbons (Fsp3) is 0.357. The second-order valence-electron chi connectivity index (χ2n) is 5.24. The third-order valence-corrected chi connectivity index (χ3v) is 2.79.